The Morgan fingerprint density at radius 3 is 2.48 bits per heavy atom. The van der Waals surface area contributed by atoms with E-state index >= 15 is 0 Å². The molecule has 166 valence electrons. The molecule has 1 aromatic heterocycles. The molecule has 0 aliphatic carbocycles. The molecule has 0 radical (unpaired) electrons. The third kappa shape index (κ3) is 5.03. The maximum atomic E-state index is 12.8. The van der Waals surface area contributed by atoms with Crippen molar-refractivity contribution in [1.29, 1.82) is 0 Å². The van der Waals surface area contributed by atoms with Gasteiger partial charge in [0.15, 0.2) is 0 Å². The molecule has 0 saturated carbocycles. The van der Waals surface area contributed by atoms with E-state index in [1.807, 2.05) is 11.6 Å². The molecule has 1 heterocycles. The summed E-state index contributed by atoms with van der Waals surface area (Å²) >= 11 is 12.0. The second-order valence-electron chi connectivity index (χ2n) is 7.00. The van der Waals surface area contributed by atoms with Gasteiger partial charge in [-0.15, -0.1) is 0 Å². The lowest BCUT2D eigenvalue weighted by atomic mass is 10.2. The lowest BCUT2D eigenvalue weighted by Crippen LogP contribution is -2.30. The summed E-state index contributed by atoms with van der Waals surface area (Å²) < 4.78 is 28.8. The fraction of sp³-hybridized carbons (Fsp3) is 0.333. The van der Waals surface area contributed by atoms with Crippen molar-refractivity contribution in [3.63, 3.8) is 0 Å². The molecule has 0 saturated heterocycles. The number of benzene rings is 2. The Hall–Kier alpha value is -2.13. The maximum Gasteiger partial charge on any atom is 0.243 e. The molecule has 0 aliphatic rings. The van der Waals surface area contributed by atoms with Gasteiger partial charge in [-0.25, -0.2) is 13.4 Å². The van der Waals surface area contributed by atoms with Crippen LogP contribution in [-0.4, -0.2) is 41.3 Å². The summed E-state index contributed by atoms with van der Waals surface area (Å²) in [7, 11) is -1.72. The van der Waals surface area contributed by atoms with E-state index in [0.717, 1.165) is 5.52 Å². The third-order valence-electron chi connectivity index (χ3n) is 5.07. The van der Waals surface area contributed by atoms with Crippen LogP contribution in [0.1, 0.15) is 26.1 Å². The Morgan fingerprint density at radius 2 is 1.84 bits per heavy atom. The molecule has 0 atom stereocenters. The summed E-state index contributed by atoms with van der Waals surface area (Å²) in [5, 5.41) is 3.62. The van der Waals surface area contributed by atoms with Crippen molar-refractivity contribution in [2.45, 2.75) is 31.6 Å². The minimum Gasteiger partial charge on any atom is -0.331 e. The highest BCUT2D eigenvalue weighted by molar-refractivity contribution is 7.89. The summed E-state index contributed by atoms with van der Waals surface area (Å²) in [5.74, 6) is 0.478. The molecular formula is C21H24Cl2N4O3S. The fourth-order valence-electron chi connectivity index (χ4n) is 3.36. The van der Waals surface area contributed by atoms with Crippen LogP contribution in [0.5, 0.6) is 0 Å². The van der Waals surface area contributed by atoms with Gasteiger partial charge in [-0.05, 0) is 36.4 Å². The first-order valence-electron chi connectivity index (χ1n) is 9.87. The number of hydrogen-bond donors (Lipinski definition) is 1. The highest BCUT2D eigenvalue weighted by atomic mass is 35.5. The van der Waals surface area contributed by atoms with Gasteiger partial charge in [-0.1, -0.05) is 37.0 Å². The number of rotatable bonds is 8. The third-order valence-corrected chi connectivity index (χ3v) is 7.66. The molecule has 0 aliphatic heterocycles. The quantitative estimate of drug-likeness (QED) is 0.512. The van der Waals surface area contributed by atoms with Gasteiger partial charge in [0.05, 0.1) is 26.6 Å². The molecule has 0 bridgehead atoms. The molecule has 0 unspecified atom stereocenters. The van der Waals surface area contributed by atoms with Crippen LogP contribution in [0, 0.1) is 0 Å². The highest BCUT2D eigenvalue weighted by Gasteiger charge is 2.22. The predicted octanol–water partition coefficient (Wildman–Crippen LogP) is 4.48. The Bertz CT molecular complexity index is 1220. The number of nitrogens with one attached hydrogen (secondary N) is 1. The van der Waals surface area contributed by atoms with Crippen molar-refractivity contribution in [1.82, 2.24) is 13.9 Å². The number of aryl methyl sites for hydroxylation is 2. The Labute approximate surface area is 192 Å². The first-order chi connectivity index (χ1) is 14.7. The van der Waals surface area contributed by atoms with E-state index in [4.69, 9.17) is 23.2 Å². The molecule has 1 amide bonds. The molecular weight excluding hydrogens is 459 g/mol. The first-order valence-corrected chi connectivity index (χ1v) is 12.1. The normalized spacial score (nSPS) is 11.9. The van der Waals surface area contributed by atoms with Gasteiger partial charge in [0.2, 0.25) is 15.9 Å². The van der Waals surface area contributed by atoms with Crippen molar-refractivity contribution in [2.24, 2.45) is 7.05 Å². The topological polar surface area (TPSA) is 84.3 Å². The lowest BCUT2D eigenvalue weighted by molar-refractivity contribution is -0.116. The lowest BCUT2D eigenvalue weighted by Gasteiger charge is -2.18. The summed E-state index contributed by atoms with van der Waals surface area (Å²) in [6, 6.07) is 9.79. The molecule has 31 heavy (non-hydrogen) atoms. The number of fused-ring (bicyclic) bond motifs is 1. The van der Waals surface area contributed by atoms with E-state index in [-0.39, 0.29) is 17.2 Å². The number of hydrogen-bond acceptors (Lipinski definition) is 4. The Balaban J connectivity index is 1.77. The number of carbonyl (C=O) groups is 1. The Kier molecular flexibility index (Phi) is 7.26. The minimum absolute atomic E-state index is 0.195. The van der Waals surface area contributed by atoms with Crippen LogP contribution >= 0.6 is 23.2 Å². The highest BCUT2D eigenvalue weighted by Crippen LogP contribution is 2.26. The van der Waals surface area contributed by atoms with E-state index in [1.54, 1.807) is 50.2 Å². The van der Waals surface area contributed by atoms with E-state index in [1.165, 1.54) is 4.31 Å². The zero-order valence-corrected chi connectivity index (χ0v) is 19.9. The summed E-state index contributed by atoms with van der Waals surface area (Å²) in [6.07, 6.45) is 0.584. The van der Waals surface area contributed by atoms with E-state index in [0.29, 0.717) is 46.6 Å². The van der Waals surface area contributed by atoms with Crippen molar-refractivity contribution < 1.29 is 13.2 Å². The van der Waals surface area contributed by atoms with E-state index in [9.17, 15) is 13.2 Å². The number of carbonyl (C=O) groups excluding carboxylic acids is 1. The van der Waals surface area contributed by atoms with Crippen LogP contribution in [-0.2, 0) is 28.3 Å². The molecule has 3 rings (SSSR count). The second-order valence-corrected chi connectivity index (χ2v) is 9.78. The van der Waals surface area contributed by atoms with Crippen LogP contribution in [0.25, 0.3) is 11.0 Å². The van der Waals surface area contributed by atoms with Crippen LogP contribution in [0.2, 0.25) is 10.0 Å². The Morgan fingerprint density at radius 1 is 1.13 bits per heavy atom. The van der Waals surface area contributed by atoms with Gasteiger partial charge in [-0.2, -0.15) is 4.31 Å². The molecule has 0 fully saturated rings. The molecule has 2 aromatic carbocycles. The van der Waals surface area contributed by atoms with E-state index < -0.39 is 10.0 Å². The number of halogens is 2. The number of amides is 1. The average Bonchev–Trinajstić information content (AvgIpc) is 3.04. The zero-order valence-electron chi connectivity index (χ0n) is 17.5. The van der Waals surface area contributed by atoms with Gasteiger partial charge in [0.25, 0.3) is 0 Å². The SMILES string of the molecule is CCN(CC)S(=O)(=O)c1ccc2c(c1)nc(CCC(=O)Nc1ccc(Cl)cc1Cl)n2C. The first kappa shape index (κ1) is 23.5. The minimum atomic E-state index is -3.57. The maximum absolute atomic E-state index is 12.8. The van der Waals surface area contributed by atoms with Gasteiger partial charge < -0.3 is 9.88 Å². The summed E-state index contributed by atoms with van der Waals surface area (Å²) in [5.41, 5.74) is 1.87. The number of imidazole rings is 1. The average molecular weight is 483 g/mol. The smallest absolute Gasteiger partial charge is 0.243 e. The molecule has 3 aromatic rings. The second kappa shape index (κ2) is 9.56. The van der Waals surface area contributed by atoms with Crippen LogP contribution in [0.4, 0.5) is 5.69 Å². The van der Waals surface area contributed by atoms with Gasteiger partial charge >= 0.3 is 0 Å². The van der Waals surface area contributed by atoms with Crippen LogP contribution in [0.3, 0.4) is 0 Å². The van der Waals surface area contributed by atoms with Gasteiger partial charge in [-0.3, -0.25) is 4.79 Å². The number of aromatic nitrogens is 2. The van der Waals surface area contributed by atoms with Crippen LogP contribution in [0.15, 0.2) is 41.3 Å². The van der Waals surface area contributed by atoms with Gasteiger partial charge in [0, 0.05) is 38.0 Å². The van der Waals surface area contributed by atoms with Crippen molar-refractivity contribution in [3.8, 4) is 0 Å². The number of nitrogens with zero attached hydrogens (tertiary/aromatic N) is 3. The summed E-state index contributed by atoms with van der Waals surface area (Å²) in [6.45, 7) is 4.41. The monoisotopic (exact) mass is 482 g/mol. The molecule has 7 nitrogen and oxygen atoms in total. The van der Waals surface area contributed by atoms with Crippen molar-refractivity contribution in [3.05, 3.63) is 52.3 Å². The number of sulfonamides is 1. The molecule has 0 spiro atoms. The molecule has 10 heteroatoms. The number of anilines is 1. The standard InChI is InChI=1S/C21H24Cl2N4O3S/c1-4-27(5-2)31(29,30)15-7-9-19-18(13-15)24-20(26(19)3)10-11-21(28)25-17-8-6-14(22)12-16(17)23/h6-9,12-13H,4-5,10-11H2,1-3H3,(H,25,28). The fourth-order valence-corrected chi connectivity index (χ4v) is 5.29. The predicted molar refractivity (Wildman–Crippen MR) is 124 cm³/mol. The zero-order chi connectivity index (χ0) is 22.8. The summed E-state index contributed by atoms with van der Waals surface area (Å²) in [4.78, 5) is 17.1. The van der Waals surface area contributed by atoms with E-state index in [2.05, 4.69) is 10.3 Å². The largest absolute Gasteiger partial charge is 0.331 e. The van der Waals surface area contributed by atoms with Crippen molar-refractivity contribution in [2.75, 3.05) is 18.4 Å². The van der Waals surface area contributed by atoms with Gasteiger partial charge in [0.1, 0.15) is 5.82 Å². The molecule has 1 N–H and O–H groups in total. The van der Waals surface area contributed by atoms with Crippen molar-refractivity contribution >= 4 is 55.9 Å². The van der Waals surface area contributed by atoms with Crippen LogP contribution < -0.4 is 5.32 Å².